The van der Waals surface area contributed by atoms with Gasteiger partial charge in [-0.15, -0.1) is 6.22 Å². The van der Waals surface area contributed by atoms with E-state index in [0.29, 0.717) is 0 Å². The van der Waals surface area contributed by atoms with Crippen LogP contribution in [0.15, 0.2) is 0 Å². The van der Waals surface area contributed by atoms with E-state index in [0.717, 1.165) is 6.22 Å². The van der Waals surface area contributed by atoms with Gasteiger partial charge in [-0.1, -0.05) is 6.82 Å². The zero-order chi connectivity index (χ0) is 6.95. The summed E-state index contributed by atoms with van der Waals surface area (Å²) in [5.74, 6) is 0. The molecule has 0 saturated carbocycles. The average Bonchev–Trinajstić information content (AvgIpc) is 1.89. The van der Waals surface area contributed by atoms with Crippen molar-refractivity contribution in [3.63, 3.8) is 0 Å². The zero-order valence-electron chi connectivity index (χ0n) is 5.75. The summed E-state index contributed by atoms with van der Waals surface area (Å²) in [5.41, 5.74) is 0. The van der Waals surface area contributed by atoms with Crippen LogP contribution in [0.5, 0.6) is 0 Å². The monoisotopic (exact) mass is 106 g/mol. The normalized spacial score (nSPS) is 7.22. The van der Waals surface area contributed by atoms with Crippen molar-refractivity contribution in [2.75, 3.05) is 0 Å². The number of hydrogen-bond donors (Lipinski definition) is 0. The predicted octanol–water partition coefficient (Wildman–Crippen LogP) is -1.62. The fraction of sp³-hybridized carbons (Fsp3) is 1.00. The Morgan fingerprint density at radius 3 is 2.56 bits per heavy atom. The Kier molecular flexibility index (Phi) is 8.88. The Bertz CT molecular complexity index is 40.2. The molecule has 0 atom stereocenters. The van der Waals surface area contributed by atoms with E-state index < -0.39 is 0 Å². The molecule has 0 aromatic carbocycles. The van der Waals surface area contributed by atoms with Crippen LogP contribution in [0.25, 0.3) is 0 Å². The first-order valence-corrected chi connectivity index (χ1v) is 3.06. The van der Waals surface area contributed by atoms with Crippen molar-refractivity contribution in [1.82, 2.24) is 0 Å². The average molecular weight is 105 g/mol. The molecule has 7 heteroatoms. The van der Waals surface area contributed by atoms with Gasteiger partial charge in [-0.05, 0) is 0 Å². The van der Waals surface area contributed by atoms with Gasteiger partial charge in [0.25, 0.3) is 0 Å². The maximum Gasteiger partial charge on any atom is 0.0958 e. The highest BCUT2D eigenvalue weighted by atomic mass is 13.2. The van der Waals surface area contributed by atoms with Crippen LogP contribution >= 0.6 is 0 Å². The van der Waals surface area contributed by atoms with Crippen molar-refractivity contribution in [2.45, 2.75) is 13.0 Å². The van der Waals surface area contributed by atoms with Gasteiger partial charge in [0.05, 0.1) is 7.28 Å². The summed E-state index contributed by atoms with van der Waals surface area (Å²) in [6, 6.07) is 0. The maximum atomic E-state index is 5.09. The minimum atomic E-state index is 1.02. The summed E-state index contributed by atoms with van der Waals surface area (Å²) < 4.78 is 0. The van der Waals surface area contributed by atoms with Gasteiger partial charge in [-0.2, -0.15) is 0 Å². The van der Waals surface area contributed by atoms with Crippen LogP contribution in [0.1, 0.15) is 0 Å². The summed E-state index contributed by atoms with van der Waals surface area (Å²) in [7, 11) is 16.4. The fourth-order valence-electron chi connectivity index (χ4n) is 0.422. The van der Waals surface area contributed by atoms with Gasteiger partial charge in [-0.3, -0.25) is 0 Å². The molecule has 0 nitrogen and oxygen atoms in total. The van der Waals surface area contributed by atoms with Gasteiger partial charge < -0.3 is 0 Å². The van der Waals surface area contributed by atoms with Crippen molar-refractivity contribution in [3.05, 3.63) is 0 Å². The van der Waals surface area contributed by atoms with Crippen LogP contribution in [-0.2, 0) is 0 Å². The Balaban J connectivity index is 2.60. The molecule has 0 unspecified atom stereocenters. The summed E-state index contributed by atoms with van der Waals surface area (Å²) in [6.45, 7) is 2.03. The lowest BCUT2D eigenvalue weighted by atomic mass is 8.98. The molecule has 0 bridgehead atoms. The topological polar surface area (TPSA) is 0 Å². The fourth-order valence-corrected chi connectivity index (χ4v) is 0.422. The molecule has 0 aliphatic heterocycles. The molecule has 0 amide bonds. The molecule has 0 rings (SSSR count). The van der Waals surface area contributed by atoms with Crippen molar-refractivity contribution >= 4 is 50.4 Å². The highest BCUT2D eigenvalue weighted by molar-refractivity contribution is 7.57. The molecule has 34 valence electrons. The lowest BCUT2D eigenvalue weighted by Crippen LogP contribution is -2.23. The molecular formula is C2H5B7. The van der Waals surface area contributed by atoms with Crippen molar-refractivity contribution in [3.8, 4) is 0 Å². The maximum absolute atomic E-state index is 5.09. The van der Waals surface area contributed by atoms with Gasteiger partial charge in [0.2, 0.25) is 0 Å². The summed E-state index contributed by atoms with van der Waals surface area (Å²) >= 11 is 0. The third-order valence-corrected chi connectivity index (χ3v) is 0.841. The molecule has 0 saturated heterocycles. The van der Waals surface area contributed by atoms with Crippen LogP contribution in [0, 0.1) is 0 Å². The smallest absolute Gasteiger partial charge is 0.0958 e. The molecule has 0 heterocycles. The lowest BCUT2D eigenvalue weighted by molar-refractivity contribution is 1.98. The first kappa shape index (κ1) is 9.45. The van der Waals surface area contributed by atoms with Crippen molar-refractivity contribution in [1.29, 1.82) is 0 Å². The highest BCUT2D eigenvalue weighted by Gasteiger charge is 1.91. The molecule has 0 spiro atoms. The Hall–Kier alpha value is 0.455. The Morgan fingerprint density at radius 1 is 1.22 bits per heavy atom. The van der Waals surface area contributed by atoms with Gasteiger partial charge in [-0.25, -0.2) is 0 Å². The summed E-state index contributed by atoms with van der Waals surface area (Å²) in [4.78, 5) is 0. The quantitative estimate of drug-likeness (QED) is 0.281. The second kappa shape index (κ2) is 8.45. The van der Waals surface area contributed by atoms with Crippen molar-refractivity contribution in [2.24, 2.45) is 0 Å². The molecule has 9 heavy (non-hydrogen) atoms. The second-order valence-electron chi connectivity index (χ2n) is 1.65. The number of rotatable bonds is 6. The Labute approximate surface area is 64.1 Å². The van der Waals surface area contributed by atoms with E-state index in [-0.39, 0.29) is 0 Å². The predicted molar refractivity (Wildman–Crippen MR) is 50.9 cm³/mol. The van der Waals surface area contributed by atoms with E-state index in [1.54, 1.807) is 7.06 Å². The van der Waals surface area contributed by atoms with Crippen LogP contribution in [0.2, 0.25) is 13.0 Å². The van der Waals surface area contributed by atoms with Gasteiger partial charge in [0.1, 0.15) is 0 Å². The van der Waals surface area contributed by atoms with E-state index in [4.69, 9.17) is 7.74 Å². The minimum absolute atomic E-state index is 1.02. The van der Waals surface area contributed by atoms with E-state index in [1.165, 1.54) is 7.06 Å². The molecule has 8 radical (unpaired) electrons. The van der Waals surface area contributed by atoms with Crippen LogP contribution in [-0.4, -0.2) is 50.4 Å². The third kappa shape index (κ3) is 8.45. The van der Waals surface area contributed by atoms with Gasteiger partial charge in [0, 0.05) is 43.2 Å². The SMILES string of the molecule is [B][B][B][B][B][B]C[B]C. The van der Waals surface area contributed by atoms with Crippen LogP contribution in [0.3, 0.4) is 0 Å². The molecule has 0 aromatic rings. The first-order valence-electron chi connectivity index (χ1n) is 3.06. The van der Waals surface area contributed by atoms with E-state index in [9.17, 15) is 0 Å². The number of hydrogen-bond acceptors (Lipinski definition) is 0. The van der Waals surface area contributed by atoms with Gasteiger partial charge in [0.15, 0.2) is 0 Å². The van der Waals surface area contributed by atoms with E-state index >= 15 is 0 Å². The van der Waals surface area contributed by atoms with Crippen molar-refractivity contribution < 1.29 is 0 Å². The molecular weight excluding hydrogens is 99.7 g/mol. The summed E-state index contributed by atoms with van der Waals surface area (Å²) in [5, 5.41) is 0. The zero-order valence-corrected chi connectivity index (χ0v) is 5.75. The molecule has 0 aliphatic rings. The first-order chi connectivity index (χ1) is 4.41. The molecule has 0 aromatic heterocycles. The van der Waals surface area contributed by atoms with E-state index in [1.807, 2.05) is 20.9 Å². The largest absolute Gasteiger partial charge is 0.115 e. The van der Waals surface area contributed by atoms with Crippen LogP contribution < -0.4 is 0 Å². The lowest BCUT2D eigenvalue weighted by Gasteiger charge is -1.90. The summed E-state index contributed by atoms with van der Waals surface area (Å²) in [6.07, 6.45) is 1.02. The van der Waals surface area contributed by atoms with Crippen LogP contribution in [0.4, 0.5) is 0 Å². The third-order valence-electron chi connectivity index (χ3n) is 0.841. The molecule has 0 aliphatic carbocycles. The minimum Gasteiger partial charge on any atom is -0.115 e. The second-order valence-corrected chi connectivity index (χ2v) is 1.65. The Morgan fingerprint density at radius 2 is 2.00 bits per heavy atom. The van der Waals surface area contributed by atoms with E-state index in [2.05, 4.69) is 14.4 Å². The standard InChI is InChI=1S/C2H5B7/c1-4-2-5-7-9-8-6-3/h2H2,1H3. The van der Waals surface area contributed by atoms with Gasteiger partial charge >= 0.3 is 0 Å². The highest BCUT2D eigenvalue weighted by Crippen LogP contribution is 1.69. The molecule has 0 fully saturated rings. The molecule has 0 N–H and O–H groups in total.